The van der Waals surface area contributed by atoms with Gasteiger partial charge in [0.2, 0.25) is 0 Å². The van der Waals surface area contributed by atoms with Crippen molar-refractivity contribution in [3.63, 3.8) is 0 Å². The summed E-state index contributed by atoms with van der Waals surface area (Å²) in [6, 6.07) is 16.2. The number of aromatic nitrogens is 2. The molecule has 3 aromatic rings. The summed E-state index contributed by atoms with van der Waals surface area (Å²) in [5.41, 5.74) is 3.98. The minimum Gasteiger partial charge on any atom is -0.375 e. The van der Waals surface area contributed by atoms with Crippen molar-refractivity contribution in [3.05, 3.63) is 70.4 Å². The second-order valence-corrected chi connectivity index (χ2v) is 8.57. The SMILES string of the molecule is CS(=O)(=O)c1ccc(-c2n[nH]c(COCCCO[N+](=O)[O-])c2-c2ccccc2)cc1. The van der Waals surface area contributed by atoms with Crippen molar-refractivity contribution in [2.24, 2.45) is 0 Å². The van der Waals surface area contributed by atoms with E-state index in [0.717, 1.165) is 28.6 Å². The topological polar surface area (TPSA) is 124 Å². The fourth-order valence-electron chi connectivity index (χ4n) is 2.94. The first-order valence-corrected chi connectivity index (χ1v) is 11.0. The Kier molecular flexibility index (Phi) is 6.80. The van der Waals surface area contributed by atoms with Crippen LogP contribution in [0.15, 0.2) is 59.5 Å². The van der Waals surface area contributed by atoms with Gasteiger partial charge in [-0.25, -0.2) is 8.42 Å². The lowest BCUT2D eigenvalue weighted by molar-refractivity contribution is -0.757. The third-order valence-corrected chi connectivity index (χ3v) is 5.46. The summed E-state index contributed by atoms with van der Waals surface area (Å²) >= 11 is 0. The second kappa shape index (κ2) is 9.51. The molecule has 30 heavy (non-hydrogen) atoms. The highest BCUT2D eigenvalue weighted by Crippen LogP contribution is 2.34. The number of benzene rings is 2. The van der Waals surface area contributed by atoms with Gasteiger partial charge in [0.25, 0.3) is 5.09 Å². The number of nitrogens with one attached hydrogen (secondary N) is 1. The molecule has 0 spiro atoms. The summed E-state index contributed by atoms with van der Waals surface area (Å²) in [4.78, 5) is 14.7. The Morgan fingerprint density at radius 3 is 2.37 bits per heavy atom. The second-order valence-electron chi connectivity index (χ2n) is 6.55. The number of hydrogen-bond donors (Lipinski definition) is 1. The lowest BCUT2D eigenvalue weighted by Gasteiger charge is -2.08. The molecule has 2 aromatic carbocycles. The van der Waals surface area contributed by atoms with Crippen LogP contribution in [0.1, 0.15) is 12.1 Å². The highest BCUT2D eigenvalue weighted by molar-refractivity contribution is 7.90. The van der Waals surface area contributed by atoms with E-state index in [4.69, 9.17) is 4.74 Å². The van der Waals surface area contributed by atoms with Gasteiger partial charge in [0, 0.05) is 24.0 Å². The summed E-state index contributed by atoms with van der Waals surface area (Å²) in [5.74, 6) is 0. The van der Waals surface area contributed by atoms with Crippen LogP contribution in [-0.2, 0) is 26.0 Å². The maximum Gasteiger partial charge on any atom is 0.294 e. The summed E-state index contributed by atoms with van der Waals surface area (Å²) in [7, 11) is -3.28. The lowest BCUT2D eigenvalue weighted by atomic mass is 9.99. The van der Waals surface area contributed by atoms with E-state index in [2.05, 4.69) is 15.0 Å². The van der Waals surface area contributed by atoms with E-state index in [0.29, 0.717) is 18.7 Å². The number of nitrogens with zero attached hydrogens (tertiary/aromatic N) is 2. The molecule has 0 saturated heterocycles. The Hall–Kier alpha value is -3.24. The van der Waals surface area contributed by atoms with Crippen molar-refractivity contribution in [1.82, 2.24) is 10.2 Å². The number of sulfone groups is 1. The third-order valence-electron chi connectivity index (χ3n) is 4.34. The van der Waals surface area contributed by atoms with Crippen LogP contribution in [0.25, 0.3) is 22.4 Å². The maximum absolute atomic E-state index is 11.7. The number of H-pyrrole nitrogens is 1. The van der Waals surface area contributed by atoms with Crippen LogP contribution in [0.2, 0.25) is 0 Å². The van der Waals surface area contributed by atoms with E-state index in [1.165, 1.54) is 0 Å². The van der Waals surface area contributed by atoms with Gasteiger partial charge in [0.1, 0.15) is 5.69 Å². The number of rotatable bonds is 10. The standard InChI is InChI=1S/C20H21N3O6S/c1-30(26,27)17-10-8-16(9-11-17)20-19(15-6-3-2-4-7-15)18(21-22-20)14-28-12-5-13-29-23(24)25/h2-4,6-11H,5,12-14H2,1H3,(H,21,22). The minimum absolute atomic E-state index is 0.0283. The molecule has 0 radical (unpaired) electrons. The molecule has 0 unspecified atom stereocenters. The first kappa shape index (κ1) is 21.5. The molecule has 0 aliphatic rings. The molecule has 1 aromatic heterocycles. The summed E-state index contributed by atoms with van der Waals surface area (Å²) in [6.07, 6.45) is 1.55. The largest absolute Gasteiger partial charge is 0.375 e. The van der Waals surface area contributed by atoms with Crippen LogP contribution in [-0.4, -0.2) is 43.2 Å². The zero-order valence-electron chi connectivity index (χ0n) is 16.3. The van der Waals surface area contributed by atoms with Crippen molar-refractivity contribution < 1.29 is 23.1 Å². The normalized spacial score (nSPS) is 11.4. The average molecular weight is 431 g/mol. The van der Waals surface area contributed by atoms with Crippen molar-refractivity contribution in [2.75, 3.05) is 19.5 Å². The first-order chi connectivity index (χ1) is 14.4. The van der Waals surface area contributed by atoms with Crippen LogP contribution in [0.4, 0.5) is 0 Å². The zero-order chi connectivity index (χ0) is 21.6. The molecular weight excluding hydrogens is 410 g/mol. The predicted octanol–water partition coefficient (Wildman–Crippen LogP) is 3.26. The molecule has 0 aliphatic carbocycles. The van der Waals surface area contributed by atoms with E-state index >= 15 is 0 Å². The number of ether oxygens (including phenoxy) is 1. The number of aromatic amines is 1. The minimum atomic E-state index is -3.28. The summed E-state index contributed by atoms with van der Waals surface area (Å²) < 4.78 is 29.1. The Morgan fingerprint density at radius 1 is 1.03 bits per heavy atom. The van der Waals surface area contributed by atoms with E-state index in [1.54, 1.807) is 24.3 Å². The molecular formula is C20H21N3O6S. The molecule has 9 nitrogen and oxygen atoms in total. The van der Waals surface area contributed by atoms with Crippen molar-refractivity contribution in [1.29, 1.82) is 0 Å². The van der Waals surface area contributed by atoms with E-state index in [9.17, 15) is 18.5 Å². The van der Waals surface area contributed by atoms with Gasteiger partial charge in [-0.2, -0.15) is 5.10 Å². The highest BCUT2D eigenvalue weighted by Gasteiger charge is 2.17. The summed E-state index contributed by atoms with van der Waals surface area (Å²) in [5, 5.41) is 16.8. The fourth-order valence-corrected chi connectivity index (χ4v) is 3.57. The van der Waals surface area contributed by atoms with Crippen molar-refractivity contribution in [3.8, 4) is 22.4 Å². The van der Waals surface area contributed by atoms with E-state index < -0.39 is 14.9 Å². The molecule has 158 valence electrons. The first-order valence-electron chi connectivity index (χ1n) is 9.14. The Bertz CT molecular complexity index is 1100. The van der Waals surface area contributed by atoms with Crippen molar-refractivity contribution >= 4 is 9.84 Å². The van der Waals surface area contributed by atoms with Gasteiger partial charge in [-0.1, -0.05) is 42.5 Å². The molecule has 1 N–H and O–H groups in total. The Labute approximate surface area is 173 Å². The van der Waals surface area contributed by atoms with Gasteiger partial charge in [0.15, 0.2) is 9.84 Å². The molecule has 0 saturated carbocycles. The van der Waals surface area contributed by atoms with E-state index in [-0.39, 0.29) is 18.1 Å². The molecule has 3 rings (SSSR count). The van der Waals surface area contributed by atoms with Gasteiger partial charge in [-0.15, -0.1) is 10.1 Å². The third kappa shape index (κ3) is 5.43. The molecule has 0 aliphatic heterocycles. The Balaban J connectivity index is 1.83. The smallest absolute Gasteiger partial charge is 0.294 e. The van der Waals surface area contributed by atoms with Gasteiger partial charge in [-0.3, -0.25) is 5.10 Å². The van der Waals surface area contributed by atoms with Gasteiger partial charge < -0.3 is 9.57 Å². The molecule has 0 atom stereocenters. The van der Waals surface area contributed by atoms with Crippen LogP contribution < -0.4 is 0 Å². The van der Waals surface area contributed by atoms with E-state index in [1.807, 2.05) is 30.3 Å². The quantitative estimate of drug-likeness (QED) is 0.297. The Morgan fingerprint density at radius 2 is 1.73 bits per heavy atom. The van der Waals surface area contributed by atoms with Crippen molar-refractivity contribution in [2.45, 2.75) is 17.9 Å². The highest BCUT2D eigenvalue weighted by atomic mass is 32.2. The van der Waals surface area contributed by atoms with Crippen LogP contribution in [0, 0.1) is 10.1 Å². The predicted molar refractivity (Wildman–Crippen MR) is 110 cm³/mol. The van der Waals surface area contributed by atoms with Crippen LogP contribution in [0.3, 0.4) is 0 Å². The maximum atomic E-state index is 11.7. The molecule has 0 fully saturated rings. The monoisotopic (exact) mass is 431 g/mol. The average Bonchev–Trinajstić information content (AvgIpc) is 3.14. The van der Waals surface area contributed by atoms with Gasteiger partial charge in [-0.05, 0) is 24.1 Å². The van der Waals surface area contributed by atoms with Gasteiger partial charge >= 0.3 is 0 Å². The van der Waals surface area contributed by atoms with Gasteiger partial charge in [0.05, 0.1) is 23.8 Å². The lowest BCUT2D eigenvalue weighted by Crippen LogP contribution is -2.05. The number of hydrogen-bond acceptors (Lipinski definition) is 7. The molecule has 10 heteroatoms. The molecule has 0 amide bonds. The summed E-state index contributed by atoms with van der Waals surface area (Å²) in [6.45, 7) is 0.496. The van der Waals surface area contributed by atoms with Crippen LogP contribution >= 0.6 is 0 Å². The molecule has 1 heterocycles. The van der Waals surface area contributed by atoms with Crippen LogP contribution in [0.5, 0.6) is 0 Å². The fraction of sp³-hybridized carbons (Fsp3) is 0.250. The zero-order valence-corrected chi connectivity index (χ0v) is 17.1. The molecule has 0 bridgehead atoms.